The van der Waals surface area contributed by atoms with E-state index in [4.69, 9.17) is 9.15 Å². The van der Waals surface area contributed by atoms with Crippen molar-refractivity contribution < 1.29 is 18.9 Å². The number of rotatable bonds is 4. The highest BCUT2D eigenvalue weighted by atomic mass is 16.6. The second-order valence-corrected chi connectivity index (χ2v) is 3.93. The molecule has 1 aromatic heterocycles. The second-order valence-electron chi connectivity index (χ2n) is 3.93. The maximum atomic E-state index is 11.6. The molecule has 2 aromatic rings. The molecule has 1 heterocycles. The summed E-state index contributed by atoms with van der Waals surface area (Å²) >= 11 is 0. The van der Waals surface area contributed by atoms with Gasteiger partial charge in [-0.2, -0.15) is 0 Å². The molecule has 104 valence electrons. The molecule has 0 unspecified atom stereocenters. The summed E-state index contributed by atoms with van der Waals surface area (Å²) in [5.74, 6) is -0.653. The maximum absolute atomic E-state index is 11.6. The van der Waals surface area contributed by atoms with Crippen LogP contribution in [0.4, 0.5) is 5.69 Å². The van der Waals surface area contributed by atoms with Gasteiger partial charge < -0.3 is 9.15 Å². The van der Waals surface area contributed by atoms with Crippen LogP contribution in [0.1, 0.15) is 23.2 Å². The predicted octanol–water partition coefficient (Wildman–Crippen LogP) is 2.73. The van der Waals surface area contributed by atoms with Gasteiger partial charge in [-0.05, 0) is 19.9 Å². The molecule has 0 N–H and O–H groups in total. The molecule has 0 aliphatic heterocycles. The molecule has 0 atom stereocenters. The average molecular weight is 276 g/mol. The van der Waals surface area contributed by atoms with Crippen molar-refractivity contribution in [3.05, 3.63) is 45.8 Å². The predicted molar refractivity (Wildman–Crippen MR) is 69.3 cm³/mol. The van der Waals surface area contributed by atoms with E-state index in [1.807, 2.05) is 0 Å². The summed E-state index contributed by atoms with van der Waals surface area (Å²) in [6, 6.07) is 6.03. The lowest BCUT2D eigenvalue weighted by Gasteiger charge is -1.98. The van der Waals surface area contributed by atoms with Crippen molar-refractivity contribution in [3.8, 4) is 11.5 Å². The molecule has 0 spiro atoms. The van der Waals surface area contributed by atoms with Gasteiger partial charge >= 0.3 is 5.97 Å². The molecule has 0 saturated heterocycles. The lowest BCUT2D eigenvalue weighted by molar-refractivity contribution is -0.384. The van der Waals surface area contributed by atoms with E-state index in [0.717, 1.165) is 0 Å². The third kappa shape index (κ3) is 2.51. The summed E-state index contributed by atoms with van der Waals surface area (Å²) in [4.78, 5) is 26.1. The van der Waals surface area contributed by atoms with Gasteiger partial charge in [0.15, 0.2) is 0 Å². The van der Waals surface area contributed by atoms with Crippen molar-refractivity contribution >= 4 is 11.7 Å². The molecule has 0 aliphatic rings. The van der Waals surface area contributed by atoms with Gasteiger partial charge in [-0.25, -0.2) is 9.78 Å². The van der Waals surface area contributed by atoms with Crippen LogP contribution in [-0.2, 0) is 4.74 Å². The topological polar surface area (TPSA) is 95.5 Å². The number of nitro benzene ring substituents is 1. The van der Waals surface area contributed by atoms with Crippen LogP contribution in [-0.4, -0.2) is 22.5 Å². The Morgan fingerprint density at radius 2 is 2.15 bits per heavy atom. The fourth-order valence-corrected chi connectivity index (χ4v) is 1.71. The van der Waals surface area contributed by atoms with Crippen molar-refractivity contribution in [2.75, 3.05) is 6.61 Å². The van der Waals surface area contributed by atoms with Crippen LogP contribution in [0.3, 0.4) is 0 Å². The molecule has 1 aromatic carbocycles. The number of oxazole rings is 1. The van der Waals surface area contributed by atoms with Gasteiger partial charge in [0.25, 0.3) is 5.69 Å². The molecule has 7 heteroatoms. The van der Waals surface area contributed by atoms with E-state index in [1.165, 1.54) is 12.1 Å². The average Bonchev–Trinajstić information content (AvgIpc) is 2.81. The maximum Gasteiger partial charge on any atom is 0.376 e. The first-order valence-corrected chi connectivity index (χ1v) is 5.93. The molecule has 0 fully saturated rings. The molecule has 7 nitrogen and oxygen atoms in total. The Kier molecular flexibility index (Phi) is 3.79. The van der Waals surface area contributed by atoms with Crippen molar-refractivity contribution in [3.63, 3.8) is 0 Å². The Balaban J connectivity index is 2.48. The van der Waals surface area contributed by atoms with Crippen molar-refractivity contribution in [1.29, 1.82) is 0 Å². The largest absolute Gasteiger partial charge is 0.460 e. The number of hydrogen-bond donors (Lipinski definition) is 0. The fraction of sp³-hybridized carbons (Fsp3) is 0.231. The van der Waals surface area contributed by atoms with Crippen LogP contribution in [0.15, 0.2) is 28.7 Å². The van der Waals surface area contributed by atoms with Crippen LogP contribution in [0.5, 0.6) is 0 Å². The summed E-state index contributed by atoms with van der Waals surface area (Å²) in [5, 5.41) is 11.0. The zero-order valence-electron chi connectivity index (χ0n) is 11.0. The highest BCUT2D eigenvalue weighted by molar-refractivity contribution is 5.88. The van der Waals surface area contributed by atoms with Crippen LogP contribution < -0.4 is 0 Å². The Hall–Kier alpha value is -2.70. The minimum atomic E-state index is -0.637. The second kappa shape index (κ2) is 5.52. The van der Waals surface area contributed by atoms with Crippen LogP contribution in [0, 0.1) is 17.0 Å². The number of aryl methyl sites for hydroxylation is 1. The normalized spacial score (nSPS) is 10.3. The first kappa shape index (κ1) is 13.7. The highest BCUT2D eigenvalue weighted by Crippen LogP contribution is 2.30. The Morgan fingerprint density at radius 1 is 1.45 bits per heavy atom. The molecule has 2 rings (SSSR count). The number of carbonyl (C=O) groups is 1. The van der Waals surface area contributed by atoms with E-state index in [1.54, 1.807) is 26.0 Å². The van der Waals surface area contributed by atoms with Crippen molar-refractivity contribution in [2.24, 2.45) is 0 Å². The number of nitrogens with zero attached hydrogens (tertiary/aromatic N) is 2. The molecule has 20 heavy (non-hydrogen) atoms. The number of nitro groups is 1. The Bertz CT molecular complexity index is 663. The van der Waals surface area contributed by atoms with Gasteiger partial charge in [0.05, 0.1) is 17.2 Å². The third-order valence-electron chi connectivity index (χ3n) is 2.59. The number of hydrogen-bond acceptors (Lipinski definition) is 6. The molecule has 0 amide bonds. The molecule has 0 saturated carbocycles. The summed E-state index contributed by atoms with van der Waals surface area (Å²) < 4.78 is 10.1. The monoisotopic (exact) mass is 276 g/mol. The molecule has 0 bridgehead atoms. The van der Waals surface area contributed by atoms with Crippen LogP contribution >= 0.6 is 0 Å². The molecule has 0 radical (unpaired) electrons. The number of esters is 1. The van der Waals surface area contributed by atoms with Crippen molar-refractivity contribution in [2.45, 2.75) is 13.8 Å². The van der Waals surface area contributed by atoms with E-state index in [-0.39, 0.29) is 29.5 Å². The highest BCUT2D eigenvalue weighted by Gasteiger charge is 2.23. The Labute approximate surface area is 114 Å². The zero-order chi connectivity index (χ0) is 14.7. The van der Waals surface area contributed by atoms with Gasteiger partial charge in [0.2, 0.25) is 11.7 Å². The Morgan fingerprint density at radius 3 is 2.80 bits per heavy atom. The summed E-state index contributed by atoms with van der Waals surface area (Å²) in [6.07, 6.45) is 0. The number of ether oxygens (including phenoxy) is 1. The van der Waals surface area contributed by atoms with Crippen LogP contribution in [0.2, 0.25) is 0 Å². The van der Waals surface area contributed by atoms with Gasteiger partial charge in [-0.1, -0.05) is 12.1 Å². The summed E-state index contributed by atoms with van der Waals surface area (Å²) in [5.41, 5.74) is 0.414. The van der Waals surface area contributed by atoms with Crippen molar-refractivity contribution in [1.82, 2.24) is 4.98 Å². The van der Waals surface area contributed by atoms with Crippen LogP contribution in [0.25, 0.3) is 11.5 Å². The van der Waals surface area contributed by atoms with E-state index in [0.29, 0.717) is 5.69 Å². The van der Waals surface area contributed by atoms with Gasteiger partial charge in [0.1, 0.15) is 5.56 Å². The molecular formula is C13H12N2O5. The minimum Gasteiger partial charge on any atom is -0.460 e. The van der Waals surface area contributed by atoms with E-state index < -0.39 is 10.9 Å². The van der Waals surface area contributed by atoms with Gasteiger partial charge in [0, 0.05) is 6.07 Å². The summed E-state index contributed by atoms with van der Waals surface area (Å²) in [7, 11) is 0. The minimum absolute atomic E-state index is 0.0258. The molecular weight excluding hydrogens is 264 g/mol. The van der Waals surface area contributed by atoms with Gasteiger partial charge in [-0.3, -0.25) is 10.1 Å². The third-order valence-corrected chi connectivity index (χ3v) is 2.59. The number of aromatic nitrogens is 1. The van der Waals surface area contributed by atoms with E-state index in [9.17, 15) is 14.9 Å². The molecule has 0 aliphatic carbocycles. The zero-order valence-corrected chi connectivity index (χ0v) is 11.0. The van der Waals surface area contributed by atoms with E-state index in [2.05, 4.69) is 4.98 Å². The number of carbonyl (C=O) groups excluding carboxylic acids is 1. The van der Waals surface area contributed by atoms with E-state index >= 15 is 0 Å². The number of para-hydroxylation sites is 1. The lowest BCUT2D eigenvalue weighted by Crippen LogP contribution is -2.04. The summed E-state index contributed by atoms with van der Waals surface area (Å²) in [6.45, 7) is 3.46. The SMILES string of the molecule is CCOC(=O)c1oc(-c2ccccc2[N+](=O)[O-])nc1C. The number of benzene rings is 1. The fourth-order valence-electron chi connectivity index (χ4n) is 1.71. The van der Waals surface area contributed by atoms with Gasteiger partial charge in [-0.15, -0.1) is 0 Å². The first-order chi connectivity index (χ1) is 9.54. The lowest BCUT2D eigenvalue weighted by atomic mass is 10.2. The standard InChI is InChI=1S/C13H12N2O5/c1-3-19-13(16)11-8(2)14-12(20-11)9-6-4-5-7-10(9)15(17)18/h4-7H,3H2,1-2H3. The smallest absolute Gasteiger partial charge is 0.376 e. The quantitative estimate of drug-likeness (QED) is 0.484. The first-order valence-electron chi connectivity index (χ1n) is 5.93.